The monoisotopic (exact) mass is 199 g/mol. The van der Waals surface area contributed by atoms with Gasteiger partial charge in [0.15, 0.2) is 0 Å². The zero-order valence-corrected chi connectivity index (χ0v) is 9.79. The third kappa shape index (κ3) is 2.71. The standard InChI is InChI=1S/C12H25NO/c1-4-10-5-6-12(14,8-9(2)3)11(13)7-10/h9-11,14H,4-8,13H2,1-3H3. The van der Waals surface area contributed by atoms with Crippen molar-refractivity contribution in [3.05, 3.63) is 0 Å². The predicted octanol–water partition coefficient (Wildman–Crippen LogP) is 2.30. The van der Waals surface area contributed by atoms with Crippen LogP contribution in [0.5, 0.6) is 0 Å². The molecule has 14 heavy (non-hydrogen) atoms. The van der Waals surface area contributed by atoms with Crippen LogP contribution in [0.4, 0.5) is 0 Å². The predicted molar refractivity (Wildman–Crippen MR) is 60.0 cm³/mol. The van der Waals surface area contributed by atoms with E-state index >= 15 is 0 Å². The average molecular weight is 199 g/mol. The maximum atomic E-state index is 10.4. The number of aliphatic hydroxyl groups is 1. The lowest BCUT2D eigenvalue weighted by Gasteiger charge is -2.42. The van der Waals surface area contributed by atoms with Crippen LogP contribution in [0.25, 0.3) is 0 Å². The summed E-state index contributed by atoms with van der Waals surface area (Å²) in [6.45, 7) is 6.51. The second kappa shape index (κ2) is 4.63. The summed E-state index contributed by atoms with van der Waals surface area (Å²) >= 11 is 0. The van der Waals surface area contributed by atoms with Crippen molar-refractivity contribution in [3.8, 4) is 0 Å². The lowest BCUT2D eigenvalue weighted by atomic mass is 9.71. The van der Waals surface area contributed by atoms with Gasteiger partial charge in [-0.25, -0.2) is 0 Å². The zero-order valence-electron chi connectivity index (χ0n) is 9.79. The Balaban J connectivity index is 2.55. The van der Waals surface area contributed by atoms with E-state index < -0.39 is 5.60 Å². The second-order valence-electron chi connectivity index (χ2n) is 5.36. The molecule has 3 atom stereocenters. The molecule has 1 saturated carbocycles. The number of rotatable bonds is 3. The van der Waals surface area contributed by atoms with Crippen molar-refractivity contribution < 1.29 is 5.11 Å². The summed E-state index contributed by atoms with van der Waals surface area (Å²) in [6.07, 6.45) is 5.09. The van der Waals surface area contributed by atoms with Gasteiger partial charge >= 0.3 is 0 Å². The van der Waals surface area contributed by atoms with Crippen LogP contribution in [0.3, 0.4) is 0 Å². The molecule has 0 spiro atoms. The summed E-state index contributed by atoms with van der Waals surface area (Å²) < 4.78 is 0. The molecule has 0 saturated heterocycles. The van der Waals surface area contributed by atoms with Crippen molar-refractivity contribution in [1.82, 2.24) is 0 Å². The van der Waals surface area contributed by atoms with Crippen molar-refractivity contribution in [2.45, 2.75) is 64.5 Å². The van der Waals surface area contributed by atoms with Gasteiger partial charge in [0.1, 0.15) is 0 Å². The molecular formula is C12H25NO. The van der Waals surface area contributed by atoms with Crippen LogP contribution in [0.15, 0.2) is 0 Å². The summed E-state index contributed by atoms with van der Waals surface area (Å²) in [5.74, 6) is 1.27. The summed E-state index contributed by atoms with van der Waals surface area (Å²) in [7, 11) is 0. The first-order chi connectivity index (χ1) is 6.48. The minimum absolute atomic E-state index is 0.0106. The summed E-state index contributed by atoms with van der Waals surface area (Å²) in [5.41, 5.74) is 5.49. The van der Waals surface area contributed by atoms with Gasteiger partial charge in [-0.2, -0.15) is 0 Å². The van der Waals surface area contributed by atoms with Gasteiger partial charge in [-0.3, -0.25) is 0 Å². The molecule has 0 radical (unpaired) electrons. The molecular weight excluding hydrogens is 174 g/mol. The molecule has 0 aromatic carbocycles. The van der Waals surface area contributed by atoms with Crippen LogP contribution in [0, 0.1) is 11.8 Å². The first kappa shape index (κ1) is 12.0. The fourth-order valence-electron chi connectivity index (χ4n) is 2.67. The van der Waals surface area contributed by atoms with E-state index in [4.69, 9.17) is 5.73 Å². The Morgan fingerprint density at radius 1 is 1.50 bits per heavy atom. The van der Waals surface area contributed by atoms with Crippen molar-refractivity contribution in [3.63, 3.8) is 0 Å². The van der Waals surface area contributed by atoms with Crippen LogP contribution in [0.2, 0.25) is 0 Å². The molecule has 0 bridgehead atoms. The zero-order chi connectivity index (χ0) is 10.8. The normalized spacial score (nSPS) is 39.0. The Morgan fingerprint density at radius 3 is 2.57 bits per heavy atom. The molecule has 0 aromatic heterocycles. The van der Waals surface area contributed by atoms with E-state index in [0.717, 1.165) is 31.6 Å². The van der Waals surface area contributed by atoms with Gasteiger partial charge in [0.05, 0.1) is 5.60 Å². The molecule has 3 unspecified atom stereocenters. The molecule has 0 amide bonds. The second-order valence-corrected chi connectivity index (χ2v) is 5.36. The smallest absolute Gasteiger partial charge is 0.0800 e. The van der Waals surface area contributed by atoms with Crippen molar-refractivity contribution in [1.29, 1.82) is 0 Å². The highest BCUT2D eigenvalue weighted by Crippen LogP contribution is 2.36. The van der Waals surface area contributed by atoms with E-state index in [-0.39, 0.29) is 6.04 Å². The van der Waals surface area contributed by atoms with E-state index in [1.54, 1.807) is 0 Å². The Kier molecular flexibility index (Phi) is 3.96. The Bertz CT molecular complexity index is 181. The maximum absolute atomic E-state index is 10.4. The molecule has 0 heterocycles. The van der Waals surface area contributed by atoms with Gasteiger partial charge in [0.25, 0.3) is 0 Å². The van der Waals surface area contributed by atoms with Crippen LogP contribution in [-0.4, -0.2) is 16.7 Å². The minimum atomic E-state index is -0.583. The van der Waals surface area contributed by atoms with Gasteiger partial charge in [0.2, 0.25) is 0 Å². The molecule has 1 aliphatic rings. The number of nitrogens with two attached hydrogens (primary N) is 1. The lowest BCUT2D eigenvalue weighted by Crippen LogP contribution is -2.52. The van der Waals surface area contributed by atoms with Gasteiger partial charge in [0, 0.05) is 6.04 Å². The number of hydrogen-bond donors (Lipinski definition) is 2. The molecule has 2 nitrogen and oxygen atoms in total. The summed E-state index contributed by atoms with van der Waals surface area (Å²) in [4.78, 5) is 0. The highest BCUT2D eigenvalue weighted by molar-refractivity contribution is 4.95. The Morgan fingerprint density at radius 2 is 2.14 bits per heavy atom. The maximum Gasteiger partial charge on any atom is 0.0800 e. The lowest BCUT2D eigenvalue weighted by molar-refractivity contribution is -0.0434. The van der Waals surface area contributed by atoms with Crippen molar-refractivity contribution in [2.24, 2.45) is 17.6 Å². The molecule has 0 aliphatic heterocycles. The van der Waals surface area contributed by atoms with E-state index in [2.05, 4.69) is 20.8 Å². The average Bonchev–Trinajstić information content (AvgIpc) is 2.09. The minimum Gasteiger partial charge on any atom is -0.388 e. The SMILES string of the molecule is CCC1CCC(O)(CC(C)C)C(N)C1. The Labute approximate surface area is 87.9 Å². The van der Waals surface area contributed by atoms with E-state index in [1.165, 1.54) is 6.42 Å². The number of hydrogen-bond acceptors (Lipinski definition) is 2. The van der Waals surface area contributed by atoms with Gasteiger partial charge in [-0.15, -0.1) is 0 Å². The molecule has 1 fully saturated rings. The highest BCUT2D eigenvalue weighted by Gasteiger charge is 2.39. The first-order valence-corrected chi connectivity index (χ1v) is 5.96. The van der Waals surface area contributed by atoms with Crippen LogP contribution in [0.1, 0.15) is 52.9 Å². The molecule has 0 aromatic rings. The molecule has 2 heteroatoms. The van der Waals surface area contributed by atoms with Gasteiger partial charge in [-0.05, 0) is 37.5 Å². The molecule has 1 aliphatic carbocycles. The van der Waals surface area contributed by atoms with Gasteiger partial charge in [-0.1, -0.05) is 27.2 Å². The summed E-state index contributed by atoms with van der Waals surface area (Å²) in [5, 5.41) is 10.4. The van der Waals surface area contributed by atoms with E-state index in [9.17, 15) is 5.11 Å². The fraction of sp³-hybridized carbons (Fsp3) is 1.00. The largest absolute Gasteiger partial charge is 0.388 e. The van der Waals surface area contributed by atoms with Crippen LogP contribution >= 0.6 is 0 Å². The molecule has 1 rings (SSSR count). The third-order valence-electron chi connectivity index (χ3n) is 3.60. The molecule has 3 N–H and O–H groups in total. The first-order valence-electron chi connectivity index (χ1n) is 5.96. The molecule has 84 valence electrons. The highest BCUT2D eigenvalue weighted by atomic mass is 16.3. The Hall–Kier alpha value is -0.0800. The van der Waals surface area contributed by atoms with Crippen LogP contribution in [-0.2, 0) is 0 Å². The van der Waals surface area contributed by atoms with E-state index in [1.807, 2.05) is 0 Å². The van der Waals surface area contributed by atoms with E-state index in [0.29, 0.717) is 5.92 Å². The fourth-order valence-corrected chi connectivity index (χ4v) is 2.67. The third-order valence-corrected chi connectivity index (χ3v) is 3.60. The summed E-state index contributed by atoms with van der Waals surface area (Å²) in [6, 6.07) is -0.0106. The van der Waals surface area contributed by atoms with Crippen molar-refractivity contribution >= 4 is 0 Å². The van der Waals surface area contributed by atoms with Crippen molar-refractivity contribution in [2.75, 3.05) is 0 Å². The van der Waals surface area contributed by atoms with Crippen LogP contribution < -0.4 is 5.73 Å². The quantitative estimate of drug-likeness (QED) is 0.732. The van der Waals surface area contributed by atoms with Gasteiger partial charge < -0.3 is 10.8 Å². The topological polar surface area (TPSA) is 46.2 Å².